The molecule has 1 aliphatic heterocycles. The zero-order chi connectivity index (χ0) is 12.5. The zero-order valence-corrected chi connectivity index (χ0v) is 10.0. The van der Waals surface area contributed by atoms with Crippen molar-refractivity contribution in [1.29, 1.82) is 0 Å². The maximum absolute atomic E-state index is 11.0. The zero-order valence-electron chi connectivity index (χ0n) is 9.27. The summed E-state index contributed by atoms with van der Waals surface area (Å²) in [6, 6.07) is 7.17. The van der Waals surface area contributed by atoms with Gasteiger partial charge in [0.15, 0.2) is 5.60 Å². The lowest BCUT2D eigenvalue weighted by Gasteiger charge is -2.37. The van der Waals surface area contributed by atoms with Gasteiger partial charge in [-0.15, -0.1) is 0 Å². The molecule has 5 heteroatoms. The van der Waals surface area contributed by atoms with Gasteiger partial charge in [0.2, 0.25) is 0 Å². The van der Waals surface area contributed by atoms with E-state index >= 15 is 0 Å². The van der Waals surface area contributed by atoms with E-state index in [0.717, 1.165) is 12.2 Å². The van der Waals surface area contributed by atoms with Crippen molar-refractivity contribution in [2.24, 2.45) is 0 Å². The number of anilines is 1. The molecule has 2 rings (SSSR count). The van der Waals surface area contributed by atoms with Crippen LogP contribution in [0.4, 0.5) is 5.69 Å². The molecule has 0 aromatic heterocycles. The van der Waals surface area contributed by atoms with Crippen molar-refractivity contribution >= 4 is 23.3 Å². The maximum atomic E-state index is 11.0. The number of halogens is 1. The van der Waals surface area contributed by atoms with Crippen LogP contribution in [-0.4, -0.2) is 34.9 Å². The maximum Gasteiger partial charge on any atom is 0.337 e. The van der Waals surface area contributed by atoms with Crippen LogP contribution in [0, 0.1) is 0 Å². The number of hydrogen-bond donors (Lipinski definition) is 2. The van der Waals surface area contributed by atoms with E-state index < -0.39 is 11.6 Å². The number of piperidine rings is 1. The Morgan fingerprint density at radius 1 is 1.35 bits per heavy atom. The van der Waals surface area contributed by atoms with E-state index in [9.17, 15) is 9.90 Å². The molecule has 1 atom stereocenters. The highest BCUT2D eigenvalue weighted by Gasteiger charge is 2.40. The molecule has 4 nitrogen and oxygen atoms in total. The minimum atomic E-state index is -1.64. The molecule has 17 heavy (non-hydrogen) atoms. The second kappa shape index (κ2) is 4.55. The molecule has 0 aliphatic carbocycles. The van der Waals surface area contributed by atoms with Crippen LogP contribution < -0.4 is 4.90 Å². The predicted octanol–water partition coefficient (Wildman–Crippen LogP) is 1.76. The first-order valence-corrected chi connectivity index (χ1v) is 5.85. The Hall–Kier alpha value is -1.26. The first kappa shape index (κ1) is 12.2. The summed E-state index contributed by atoms with van der Waals surface area (Å²) < 4.78 is 0. The van der Waals surface area contributed by atoms with Crippen LogP contribution in [0.3, 0.4) is 0 Å². The minimum absolute atomic E-state index is 0.115. The van der Waals surface area contributed by atoms with Gasteiger partial charge in [0.05, 0.1) is 6.54 Å². The van der Waals surface area contributed by atoms with Crippen LogP contribution in [0.1, 0.15) is 12.8 Å². The van der Waals surface area contributed by atoms with Crippen molar-refractivity contribution in [2.75, 3.05) is 18.0 Å². The number of hydrogen-bond acceptors (Lipinski definition) is 3. The lowest BCUT2D eigenvalue weighted by molar-refractivity contribution is -0.159. The first-order valence-electron chi connectivity index (χ1n) is 5.47. The fourth-order valence-corrected chi connectivity index (χ4v) is 2.21. The summed E-state index contributed by atoms with van der Waals surface area (Å²) >= 11 is 5.80. The van der Waals surface area contributed by atoms with Gasteiger partial charge in [-0.2, -0.15) is 0 Å². The quantitative estimate of drug-likeness (QED) is 0.845. The van der Waals surface area contributed by atoms with Crippen LogP contribution in [-0.2, 0) is 4.79 Å². The SMILES string of the molecule is O=C(O)C1(O)CCCN(c2ccc(Cl)cc2)C1. The highest BCUT2D eigenvalue weighted by Crippen LogP contribution is 2.27. The average Bonchev–Trinajstić information content (AvgIpc) is 2.30. The van der Waals surface area contributed by atoms with Gasteiger partial charge >= 0.3 is 5.97 Å². The largest absolute Gasteiger partial charge is 0.479 e. The predicted molar refractivity (Wildman–Crippen MR) is 65.5 cm³/mol. The van der Waals surface area contributed by atoms with Crippen LogP contribution >= 0.6 is 11.6 Å². The van der Waals surface area contributed by atoms with Crippen molar-refractivity contribution in [3.8, 4) is 0 Å². The molecule has 0 amide bonds. The van der Waals surface area contributed by atoms with Gasteiger partial charge < -0.3 is 15.1 Å². The Balaban J connectivity index is 2.17. The summed E-state index contributed by atoms with van der Waals surface area (Å²) in [5.41, 5.74) is -0.758. The smallest absolute Gasteiger partial charge is 0.337 e. The van der Waals surface area contributed by atoms with Crippen LogP contribution in [0.25, 0.3) is 0 Å². The van der Waals surface area contributed by atoms with Crippen molar-refractivity contribution < 1.29 is 15.0 Å². The summed E-state index contributed by atoms with van der Waals surface area (Å²) in [5.74, 6) is -1.16. The first-order chi connectivity index (χ1) is 8.01. The topological polar surface area (TPSA) is 60.8 Å². The number of carbonyl (C=O) groups is 1. The third-order valence-electron chi connectivity index (χ3n) is 3.06. The molecule has 1 aliphatic rings. The number of carboxylic acid groups (broad SMARTS) is 1. The third-order valence-corrected chi connectivity index (χ3v) is 3.31. The summed E-state index contributed by atoms with van der Waals surface area (Å²) in [7, 11) is 0. The van der Waals surface area contributed by atoms with E-state index in [-0.39, 0.29) is 6.54 Å². The molecule has 1 saturated heterocycles. The molecular weight excluding hydrogens is 242 g/mol. The van der Waals surface area contributed by atoms with Gasteiger partial charge in [-0.25, -0.2) is 4.79 Å². The number of carboxylic acids is 1. The summed E-state index contributed by atoms with van der Waals surface area (Å²) in [4.78, 5) is 12.9. The van der Waals surface area contributed by atoms with Crippen LogP contribution in [0.15, 0.2) is 24.3 Å². The fraction of sp³-hybridized carbons (Fsp3) is 0.417. The highest BCUT2D eigenvalue weighted by atomic mass is 35.5. The number of nitrogens with zero attached hydrogens (tertiary/aromatic N) is 1. The van der Waals surface area contributed by atoms with Gasteiger partial charge in [0.25, 0.3) is 0 Å². The third kappa shape index (κ3) is 2.53. The second-order valence-corrected chi connectivity index (χ2v) is 4.77. The Morgan fingerprint density at radius 3 is 2.59 bits per heavy atom. The van der Waals surface area contributed by atoms with E-state index in [0.29, 0.717) is 17.9 Å². The molecule has 1 heterocycles. The van der Waals surface area contributed by atoms with E-state index in [1.165, 1.54) is 0 Å². The molecule has 0 spiro atoms. The van der Waals surface area contributed by atoms with Crippen LogP contribution in [0.5, 0.6) is 0 Å². The number of aliphatic carboxylic acids is 1. The minimum Gasteiger partial charge on any atom is -0.479 e. The fourth-order valence-electron chi connectivity index (χ4n) is 2.08. The molecule has 0 saturated carbocycles. The Kier molecular flexibility index (Phi) is 3.26. The molecule has 92 valence electrons. The normalized spacial score (nSPS) is 24.7. The van der Waals surface area contributed by atoms with Gasteiger partial charge in [-0.1, -0.05) is 11.6 Å². The summed E-state index contributed by atoms with van der Waals surface area (Å²) in [5, 5.41) is 19.6. The van der Waals surface area contributed by atoms with E-state index in [4.69, 9.17) is 16.7 Å². The highest BCUT2D eigenvalue weighted by molar-refractivity contribution is 6.30. The van der Waals surface area contributed by atoms with Crippen molar-refractivity contribution in [1.82, 2.24) is 0 Å². The average molecular weight is 256 g/mol. The van der Waals surface area contributed by atoms with Crippen molar-refractivity contribution in [3.63, 3.8) is 0 Å². The standard InChI is InChI=1S/C12H14ClNO3/c13-9-2-4-10(5-3-9)14-7-1-6-12(17,8-14)11(15)16/h2-5,17H,1,6-8H2,(H,15,16). The number of rotatable bonds is 2. The second-order valence-electron chi connectivity index (χ2n) is 4.34. The number of β-amino-alcohol motifs (C(OH)–C–C–N with tert-alkyl or cyclic N) is 1. The Labute approximate surface area is 104 Å². The lowest BCUT2D eigenvalue weighted by atomic mass is 9.92. The van der Waals surface area contributed by atoms with Gasteiger partial charge in [-0.05, 0) is 37.1 Å². The van der Waals surface area contributed by atoms with Crippen molar-refractivity contribution in [2.45, 2.75) is 18.4 Å². The molecule has 1 unspecified atom stereocenters. The molecule has 1 fully saturated rings. The number of aliphatic hydroxyl groups is 1. The van der Waals surface area contributed by atoms with Gasteiger partial charge in [-0.3, -0.25) is 0 Å². The van der Waals surface area contributed by atoms with Crippen molar-refractivity contribution in [3.05, 3.63) is 29.3 Å². The van der Waals surface area contributed by atoms with Crippen LogP contribution in [0.2, 0.25) is 5.02 Å². The molecule has 1 aromatic carbocycles. The van der Waals surface area contributed by atoms with E-state index in [1.807, 2.05) is 17.0 Å². The Morgan fingerprint density at radius 2 is 2.00 bits per heavy atom. The monoisotopic (exact) mass is 255 g/mol. The molecule has 1 aromatic rings. The Bertz CT molecular complexity index is 420. The summed E-state index contributed by atoms with van der Waals surface area (Å²) in [6.45, 7) is 0.862. The lowest BCUT2D eigenvalue weighted by Crippen LogP contribution is -2.53. The molecular formula is C12H14ClNO3. The summed E-state index contributed by atoms with van der Waals surface area (Å²) in [6.07, 6.45) is 0.956. The van der Waals surface area contributed by atoms with Gasteiger partial charge in [0, 0.05) is 17.3 Å². The number of benzene rings is 1. The molecule has 2 N–H and O–H groups in total. The van der Waals surface area contributed by atoms with E-state index in [1.54, 1.807) is 12.1 Å². The molecule has 0 radical (unpaired) electrons. The molecule has 0 bridgehead atoms. The van der Waals surface area contributed by atoms with E-state index in [2.05, 4.69) is 0 Å². The van der Waals surface area contributed by atoms with Gasteiger partial charge in [0.1, 0.15) is 0 Å².